The molecule has 2 aliphatic rings. The lowest BCUT2D eigenvalue weighted by molar-refractivity contribution is 0.207. The van der Waals surface area contributed by atoms with Crippen LogP contribution in [0.1, 0.15) is 35.2 Å². The molecule has 0 unspecified atom stereocenters. The number of halogens is 1. The highest BCUT2D eigenvalue weighted by atomic mass is 35.5. The van der Waals surface area contributed by atoms with Gasteiger partial charge in [-0.3, -0.25) is 4.98 Å². The Morgan fingerprint density at radius 3 is 2.48 bits per heavy atom. The Morgan fingerprint density at radius 1 is 0.903 bits per heavy atom. The van der Waals surface area contributed by atoms with Gasteiger partial charge in [0.15, 0.2) is 0 Å². The van der Waals surface area contributed by atoms with Crippen molar-refractivity contribution in [1.82, 2.24) is 9.88 Å². The molecule has 0 bridgehead atoms. The number of hydrogen-bond acceptors (Lipinski definition) is 2. The molecule has 3 aromatic rings. The zero-order valence-corrected chi connectivity index (χ0v) is 18.0. The lowest BCUT2D eigenvalue weighted by Crippen LogP contribution is -2.39. The summed E-state index contributed by atoms with van der Waals surface area (Å²) < 4.78 is 0. The van der Waals surface area contributed by atoms with Gasteiger partial charge in [0.1, 0.15) is 0 Å². The Labute approximate surface area is 187 Å². The Hall–Kier alpha value is -3.11. The van der Waals surface area contributed by atoms with Crippen molar-refractivity contribution in [3.8, 4) is 0 Å². The Morgan fingerprint density at radius 2 is 1.68 bits per heavy atom. The molecule has 5 heteroatoms. The molecule has 156 valence electrons. The number of fused-ring (bicyclic) bond motifs is 2. The minimum absolute atomic E-state index is 0.0400. The Kier molecular flexibility index (Phi) is 5.47. The van der Waals surface area contributed by atoms with E-state index < -0.39 is 0 Å². The molecule has 1 N–H and O–H groups in total. The number of anilines is 1. The van der Waals surface area contributed by atoms with Crippen LogP contribution in [0.25, 0.3) is 5.57 Å². The number of aryl methyl sites for hydroxylation is 2. The van der Waals surface area contributed by atoms with Crippen LogP contribution in [0.4, 0.5) is 10.5 Å². The number of para-hydroxylation sites is 1. The smallest absolute Gasteiger partial charge is 0.321 e. The number of amides is 2. The van der Waals surface area contributed by atoms with Gasteiger partial charge in [0, 0.05) is 35.6 Å². The molecule has 31 heavy (non-hydrogen) atoms. The number of pyridine rings is 1. The molecule has 2 aromatic carbocycles. The van der Waals surface area contributed by atoms with Gasteiger partial charge in [-0.15, -0.1) is 0 Å². The summed E-state index contributed by atoms with van der Waals surface area (Å²) in [4.78, 5) is 19.4. The quantitative estimate of drug-likeness (QED) is 0.518. The normalized spacial score (nSPS) is 15.7. The van der Waals surface area contributed by atoms with Crippen molar-refractivity contribution in [1.29, 1.82) is 0 Å². The minimum atomic E-state index is -0.0400. The molecule has 2 amide bonds. The fourth-order valence-corrected chi connectivity index (χ4v) is 4.78. The first-order valence-corrected chi connectivity index (χ1v) is 11.1. The minimum Gasteiger partial charge on any atom is -0.324 e. The van der Waals surface area contributed by atoms with Crippen LogP contribution in [0.15, 0.2) is 72.4 Å². The molecule has 1 fully saturated rings. The number of benzene rings is 2. The van der Waals surface area contributed by atoms with E-state index in [2.05, 4.69) is 23.5 Å². The number of piperidine rings is 1. The van der Waals surface area contributed by atoms with Gasteiger partial charge in [-0.05, 0) is 72.7 Å². The summed E-state index contributed by atoms with van der Waals surface area (Å²) in [6.07, 6.45) is 5.48. The fraction of sp³-hybridized carbons (Fsp3) is 0.231. The van der Waals surface area contributed by atoms with E-state index in [0.717, 1.165) is 42.1 Å². The molecule has 0 spiro atoms. The molecule has 1 saturated heterocycles. The van der Waals surface area contributed by atoms with Crippen molar-refractivity contribution in [2.75, 3.05) is 18.4 Å². The van der Waals surface area contributed by atoms with Crippen molar-refractivity contribution >= 4 is 28.9 Å². The van der Waals surface area contributed by atoms with Crippen LogP contribution in [0, 0.1) is 0 Å². The maximum absolute atomic E-state index is 12.7. The van der Waals surface area contributed by atoms with E-state index in [1.807, 2.05) is 53.6 Å². The fourth-order valence-electron chi connectivity index (χ4n) is 4.59. The highest BCUT2D eigenvalue weighted by Gasteiger charge is 2.26. The first-order valence-electron chi connectivity index (χ1n) is 10.7. The summed E-state index contributed by atoms with van der Waals surface area (Å²) in [6.45, 7) is 1.39. The van der Waals surface area contributed by atoms with E-state index >= 15 is 0 Å². The van der Waals surface area contributed by atoms with Crippen LogP contribution in [0.2, 0.25) is 5.02 Å². The molecular weight excluding hydrogens is 406 g/mol. The first-order chi connectivity index (χ1) is 15.2. The van der Waals surface area contributed by atoms with E-state index in [4.69, 9.17) is 16.6 Å². The van der Waals surface area contributed by atoms with Crippen LogP contribution in [0.5, 0.6) is 0 Å². The lowest BCUT2D eigenvalue weighted by atomic mass is 9.88. The number of nitrogens with zero attached hydrogens (tertiary/aromatic N) is 2. The summed E-state index contributed by atoms with van der Waals surface area (Å²) >= 11 is 6.31. The third-order valence-corrected chi connectivity index (χ3v) is 6.40. The maximum Gasteiger partial charge on any atom is 0.321 e. The summed E-state index contributed by atoms with van der Waals surface area (Å²) in [5.41, 5.74) is 8.31. The summed E-state index contributed by atoms with van der Waals surface area (Å²) in [7, 11) is 0. The molecule has 1 aromatic heterocycles. The molecule has 4 nitrogen and oxygen atoms in total. The van der Waals surface area contributed by atoms with Crippen LogP contribution in [-0.2, 0) is 12.8 Å². The van der Waals surface area contributed by atoms with Crippen LogP contribution in [0.3, 0.4) is 0 Å². The third kappa shape index (κ3) is 4.08. The number of likely N-dealkylation sites (tertiary alicyclic amines) is 1. The molecule has 2 heterocycles. The zero-order valence-electron chi connectivity index (χ0n) is 17.3. The van der Waals surface area contributed by atoms with E-state index in [1.165, 1.54) is 27.8 Å². The van der Waals surface area contributed by atoms with E-state index in [1.54, 1.807) is 0 Å². The predicted octanol–water partition coefficient (Wildman–Crippen LogP) is 5.96. The van der Waals surface area contributed by atoms with Crippen molar-refractivity contribution < 1.29 is 4.79 Å². The highest BCUT2D eigenvalue weighted by Crippen LogP contribution is 2.38. The van der Waals surface area contributed by atoms with Crippen LogP contribution in [-0.4, -0.2) is 29.0 Å². The second kappa shape index (κ2) is 8.56. The van der Waals surface area contributed by atoms with Crippen LogP contribution >= 0.6 is 11.6 Å². The standard InChI is InChI=1S/C26H24ClN3O/c27-21-10-11-23-20(17-21)9-8-19-5-4-14-28-25(19)24(23)18-12-15-30(16-13-18)26(31)29-22-6-2-1-3-7-22/h1-7,10-11,14,17H,8-9,12-13,15-16H2,(H,29,31). The molecule has 0 radical (unpaired) electrons. The lowest BCUT2D eigenvalue weighted by Gasteiger charge is -2.30. The molecule has 5 rings (SSSR count). The number of nitrogens with one attached hydrogen (secondary N) is 1. The van der Waals surface area contributed by atoms with E-state index in [9.17, 15) is 4.79 Å². The summed E-state index contributed by atoms with van der Waals surface area (Å²) in [5.74, 6) is 0. The summed E-state index contributed by atoms with van der Waals surface area (Å²) in [5, 5.41) is 3.77. The predicted molar refractivity (Wildman–Crippen MR) is 125 cm³/mol. The maximum atomic E-state index is 12.7. The SMILES string of the molecule is O=C(Nc1ccccc1)N1CCC(=C2c3ccc(Cl)cc3CCc3cccnc32)CC1. The number of urea groups is 1. The summed E-state index contributed by atoms with van der Waals surface area (Å²) in [6, 6.07) is 20.0. The monoisotopic (exact) mass is 429 g/mol. The van der Waals surface area contributed by atoms with Crippen LogP contribution < -0.4 is 5.32 Å². The van der Waals surface area contributed by atoms with Gasteiger partial charge in [0.25, 0.3) is 0 Å². The Balaban J connectivity index is 1.45. The first kappa shape index (κ1) is 19.8. The number of hydrogen-bond donors (Lipinski definition) is 1. The number of carbonyl (C=O) groups is 1. The Bertz CT molecular complexity index is 1150. The van der Waals surface area contributed by atoms with Gasteiger partial charge in [0.05, 0.1) is 5.69 Å². The van der Waals surface area contributed by atoms with Gasteiger partial charge < -0.3 is 10.2 Å². The average molecular weight is 430 g/mol. The highest BCUT2D eigenvalue weighted by molar-refractivity contribution is 6.30. The molecule has 0 atom stereocenters. The van der Waals surface area contributed by atoms with Crippen molar-refractivity contribution in [3.63, 3.8) is 0 Å². The van der Waals surface area contributed by atoms with Gasteiger partial charge >= 0.3 is 6.03 Å². The largest absolute Gasteiger partial charge is 0.324 e. The van der Waals surface area contributed by atoms with Crippen molar-refractivity contribution in [2.45, 2.75) is 25.7 Å². The second-order valence-electron chi connectivity index (χ2n) is 8.07. The topological polar surface area (TPSA) is 45.2 Å². The van der Waals surface area contributed by atoms with Crippen molar-refractivity contribution in [2.24, 2.45) is 0 Å². The number of carbonyl (C=O) groups excluding carboxylic acids is 1. The average Bonchev–Trinajstić information content (AvgIpc) is 2.96. The number of aromatic nitrogens is 1. The second-order valence-corrected chi connectivity index (χ2v) is 8.51. The van der Waals surface area contributed by atoms with Gasteiger partial charge in [0.2, 0.25) is 0 Å². The molecule has 1 aliphatic heterocycles. The van der Waals surface area contributed by atoms with E-state index in [0.29, 0.717) is 13.1 Å². The van der Waals surface area contributed by atoms with Gasteiger partial charge in [-0.1, -0.05) is 47.5 Å². The third-order valence-electron chi connectivity index (χ3n) is 6.16. The zero-order chi connectivity index (χ0) is 21.2. The van der Waals surface area contributed by atoms with E-state index in [-0.39, 0.29) is 6.03 Å². The molecule has 0 saturated carbocycles. The number of rotatable bonds is 1. The molecule has 1 aliphatic carbocycles. The van der Waals surface area contributed by atoms with Gasteiger partial charge in [-0.2, -0.15) is 0 Å². The molecular formula is C26H24ClN3O. The van der Waals surface area contributed by atoms with Gasteiger partial charge in [-0.25, -0.2) is 4.79 Å². The van der Waals surface area contributed by atoms with Crippen molar-refractivity contribution in [3.05, 3.63) is 99.8 Å².